The van der Waals surface area contributed by atoms with E-state index in [-0.39, 0.29) is 6.98 Å². The molecule has 0 aliphatic carbocycles. The number of fused-ring (bicyclic) bond motifs is 3. The Bertz CT molecular complexity index is 1330. The van der Waals surface area contributed by atoms with Gasteiger partial charge in [-0.15, -0.1) is 0 Å². The summed E-state index contributed by atoms with van der Waals surface area (Å²) < 4.78 is 4.70. The molecule has 0 unspecified atom stereocenters. The van der Waals surface area contributed by atoms with Crippen LogP contribution < -0.4 is 14.8 Å². The van der Waals surface area contributed by atoms with Crippen molar-refractivity contribution in [3.63, 3.8) is 0 Å². The third-order valence-corrected chi connectivity index (χ3v) is 7.15. The van der Waals surface area contributed by atoms with Crippen LogP contribution in [-0.2, 0) is 7.05 Å². The first kappa shape index (κ1) is 20.6. The lowest BCUT2D eigenvalue weighted by Crippen LogP contribution is -2.71. The summed E-state index contributed by atoms with van der Waals surface area (Å²) in [4.78, 5) is 2.46. The minimum atomic E-state index is 0.118. The second-order valence-corrected chi connectivity index (χ2v) is 9.38. The Kier molecular flexibility index (Phi) is 4.77. The quantitative estimate of drug-likeness (QED) is 0.421. The van der Waals surface area contributed by atoms with E-state index < -0.39 is 0 Å². The van der Waals surface area contributed by atoms with E-state index >= 15 is 0 Å². The van der Waals surface area contributed by atoms with Crippen molar-refractivity contribution < 1.29 is 4.48 Å². The number of imidazole rings is 1. The number of anilines is 1. The zero-order valence-electron chi connectivity index (χ0n) is 20.2. The van der Waals surface area contributed by atoms with E-state index in [1.165, 1.54) is 61.5 Å². The van der Waals surface area contributed by atoms with Crippen LogP contribution in [0.4, 0.5) is 5.69 Å². The number of nitrogens with zero attached hydrogens (tertiary/aromatic N) is 3. The van der Waals surface area contributed by atoms with Gasteiger partial charge in [-0.2, -0.15) is 0 Å². The first-order valence-corrected chi connectivity index (χ1v) is 11.4. The van der Waals surface area contributed by atoms with Crippen molar-refractivity contribution in [2.24, 2.45) is 7.05 Å². The van der Waals surface area contributed by atoms with Gasteiger partial charge in [-0.3, -0.25) is 4.48 Å². The first-order valence-electron chi connectivity index (χ1n) is 11.4. The maximum Gasteiger partial charge on any atom is 0.537 e. The molecule has 3 aromatic carbocycles. The van der Waals surface area contributed by atoms with Crippen LogP contribution in [0.5, 0.6) is 0 Å². The molecule has 3 nitrogen and oxygen atoms in total. The minimum absolute atomic E-state index is 0.118. The maximum absolute atomic E-state index is 2.46. The molecule has 0 amide bonds. The molecule has 1 aromatic heterocycles. The van der Waals surface area contributed by atoms with Gasteiger partial charge in [-0.05, 0) is 86.7 Å². The number of hydrogen-bond donors (Lipinski definition) is 0. The third-order valence-electron chi connectivity index (χ3n) is 7.15. The van der Waals surface area contributed by atoms with E-state index in [2.05, 4.69) is 123 Å². The van der Waals surface area contributed by atoms with Crippen molar-refractivity contribution in [2.75, 3.05) is 11.9 Å². The van der Waals surface area contributed by atoms with Crippen molar-refractivity contribution in [3.05, 3.63) is 88.7 Å². The molecule has 4 aromatic rings. The van der Waals surface area contributed by atoms with Crippen LogP contribution >= 0.6 is 0 Å². The summed E-state index contributed by atoms with van der Waals surface area (Å²) in [5.41, 5.74) is 13.2. The van der Waals surface area contributed by atoms with Gasteiger partial charge in [-0.25, -0.2) is 4.57 Å². The molecule has 1 aliphatic rings. The van der Waals surface area contributed by atoms with Crippen molar-refractivity contribution in [1.29, 1.82) is 0 Å². The molecule has 0 bridgehead atoms. The van der Waals surface area contributed by atoms with E-state index in [0.717, 1.165) is 0 Å². The fourth-order valence-electron chi connectivity index (χ4n) is 5.64. The topological polar surface area (TPSA) is 12.1 Å². The minimum Gasteiger partial charge on any atom is -0.372 e. The molecule has 160 valence electrons. The normalized spacial score (nSPS) is 12.7. The van der Waals surface area contributed by atoms with E-state index in [1.54, 1.807) is 0 Å². The highest BCUT2D eigenvalue weighted by molar-refractivity contribution is 6.70. The summed E-state index contributed by atoms with van der Waals surface area (Å²) in [6.45, 7) is 11.3. The summed E-state index contributed by atoms with van der Waals surface area (Å²) in [5, 5.41) is 0. The Labute approximate surface area is 192 Å². The zero-order chi connectivity index (χ0) is 22.7. The van der Waals surface area contributed by atoms with Gasteiger partial charge in [0.15, 0.2) is 0 Å². The fourth-order valence-corrected chi connectivity index (χ4v) is 5.64. The molecule has 0 fully saturated rings. The van der Waals surface area contributed by atoms with Crippen LogP contribution in [0.25, 0.3) is 22.5 Å². The maximum atomic E-state index is 2.46. The number of hydrogen-bond acceptors (Lipinski definition) is 1. The van der Waals surface area contributed by atoms with Gasteiger partial charge >= 0.3 is 6.98 Å². The van der Waals surface area contributed by atoms with Gasteiger partial charge in [0, 0.05) is 11.2 Å². The molecule has 0 saturated heterocycles. The van der Waals surface area contributed by atoms with Crippen molar-refractivity contribution in [3.8, 4) is 22.5 Å². The van der Waals surface area contributed by atoms with Gasteiger partial charge in [-0.1, -0.05) is 42.5 Å². The number of benzene rings is 3. The Morgan fingerprint density at radius 3 is 1.94 bits per heavy atom. The van der Waals surface area contributed by atoms with Crippen LogP contribution in [0.15, 0.2) is 60.9 Å². The van der Waals surface area contributed by atoms with Crippen molar-refractivity contribution in [1.82, 2.24) is 4.57 Å². The van der Waals surface area contributed by atoms with Crippen LogP contribution in [0.1, 0.15) is 27.8 Å². The number of aryl methyl sites for hydroxylation is 6. The van der Waals surface area contributed by atoms with Crippen LogP contribution in [0.3, 0.4) is 0 Å². The summed E-state index contributed by atoms with van der Waals surface area (Å²) >= 11 is 0. The summed E-state index contributed by atoms with van der Waals surface area (Å²) in [5.74, 6) is 1.26. The SMILES string of the molecule is Cc1cccc(C)c1B1N(C)c2cc(-c3c(C)cccc3C)cc(C)c2-c2n(C)cc[n+]21. The Hall–Kier alpha value is -3.27. The monoisotopic (exact) mass is 420 g/mol. The standard InChI is InChI=1S/C28H31BN3/c1-18-10-8-11-19(2)25(18)23-16-22(5)26-24(17-23)31(7)29(32-15-14-30(6)28(26)32)27-20(3)12-9-13-21(27)4/h8-17H,1-7H3/q+1. The van der Waals surface area contributed by atoms with Crippen LogP contribution in [-0.4, -0.2) is 18.6 Å². The molecule has 5 rings (SSSR count). The highest BCUT2D eigenvalue weighted by Gasteiger charge is 2.44. The molecule has 0 atom stereocenters. The summed E-state index contributed by atoms with van der Waals surface area (Å²) in [6.07, 6.45) is 4.40. The molecule has 0 N–H and O–H groups in total. The van der Waals surface area contributed by atoms with Crippen LogP contribution in [0, 0.1) is 34.6 Å². The Morgan fingerprint density at radius 2 is 1.31 bits per heavy atom. The highest BCUT2D eigenvalue weighted by Crippen LogP contribution is 2.40. The van der Waals surface area contributed by atoms with Gasteiger partial charge in [0.2, 0.25) is 0 Å². The highest BCUT2D eigenvalue weighted by atomic mass is 15.2. The van der Waals surface area contributed by atoms with Gasteiger partial charge in [0.25, 0.3) is 5.82 Å². The zero-order valence-corrected chi connectivity index (χ0v) is 20.2. The predicted octanol–water partition coefficient (Wildman–Crippen LogP) is 4.88. The third kappa shape index (κ3) is 2.93. The molecule has 1 aliphatic heterocycles. The first-order chi connectivity index (χ1) is 15.3. The van der Waals surface area contributed by atoms with E-state index in [1.807, 2.05) is 0 Å². The Morgan fingerprint density at radius 1 is 0.719 bits per heavy atom. The summed E-state index contributed by atoms with van der Waals surface area (Å²) in [6, 6.07) is 17.9. The molecule has 2 heterocycles. The van der Waals surface area contributed by atoms with Crippen LogP contribution in [0.2, 0.25) is 0 Å². The smallest absolute Gasteiger partial charge is 0.372 e. The molecule has 4 heteroatoms. The molecule has 0 spiro atoms. The lowest BCUT2D eigenvalue weighted by Gasteiger charge is -2.33. The summed E-state index contributed by atoms with van der Waals surface area (Å²) in [7, 11) is 4.40. The average Bonchev–Trinajstić information content (AvgIpc) is 3.11. The van der Waals surface area contributed by atoms with Gasteiger partial charge in [0.05, 0.1) is 12.6 Å². The molecule has 32 heavy (non-hydrogen) atoms. The number of aromatic nitrogens is 2. The molecule has 0 saturated carbocycles. The van der Waals surface area contributed by atoms with E-state index in [0.29, 0.717) is 0 Å². The average molecular weight is 420 g/mol. The largest absolute Gasteiger partial charge is 0.537 e. The number of rotatable bonds is 2. The van der Waals surface area contributed by atoms with E-state index in [9.17, 15) is 0 Å². The van der Waals surface area contributed by atoms with Gasteiger partial charge < -0.3 is 4.81 Å². The van der Waals surface area contributed by atoms with Crippen molar-refractivity contribution in [2.45, 2.75) is 34.6 Å². The second kappa shape index (κ2) is 7.41. The predicted molar refractivity (Wildman–Crippen MR) is 136 cm³/mol. The lowest BCUT2D eigenvalue weighted by molar-refractivity contribution is -0.523. The second-order valence-electron chi connectivity index (χ2n) is 9.38. The molecular weight excluding hydrogens is 389 g/mol. The van der Waals surface area contributed by atoms with E-state index in [4.69, 9.17) is 0 Å². The Balaban J connectivity index is 1.81. The molecular formula is C28H31BN3+. The van der Waals surface area contributed by atoms with Crippen molar-refractivity contribution >= 4 is 18.1 Å². The lowest BCUT2D eigenvalue weighted by atomic mass is 9.60. The molecule has 0 radical (unpaired) electrons. The fraction of sp³-hybridized carbons (Fsp3) is 0.250. The van der Waals surface area contributed by atoms with Gasteiger partial charge in [0.1, 0.15) is 12.4 Å².